The number of nitrogens with zero attached hydrogens (tertiary/aromatic N) is 2. The van der Waals surface area contributed by atoms with E-state index in [2.05, 4.69) is 19.2 Å². The summed E-state index contributed by atoms with van der Waals surface area (Å²) in [4.78, 5) is 0. The van der Waals surface area contributed by atoms with Crippen molar-refractivity contribution in [1.82, 2.24) is 13.9 Å². The Labute approximate surface area is 130 Å². The van der Waals surface area contributed by atoms with E-state index in [4.69, 9.17) is 0 Å². The number of nitrogens with one attached hydrogen (secondary N) is 1. The number of rotatable bonds is 4. The van der Waals surface area contributed by atoms with E-state index in [-0.39, 0.29) is 5.41 Å². The summed E-state index contributed by atoms with van der Waals surface area (Å²) in [6.07, 6.45) is 4.99. The summed E-state index contributed by atoms with van der Waals surface area (Å²) in [5.74, 6) is 0.615. The SMILES string of the molecule is CNCC1CCN(S(=O)(=O)N2CCCC(C)(C)CC2)CC1. The van der Waals surface area contributed by atoms with Crippen LogP contribution in [-0.2, 0) is 10.2 Å². The molecule has 2 heterocycles. The Kier molecular flexibility index (Phi) is 5.68. The van der Waals surface area contributed by atoms with Gasteiger partial charge in [0, 0.05) is 26.2 Å². The lowest BCUT2D eigenvalue weighted by Crippen LogP contribution is -2.48. The van der Waals surface area contributed by atoms with Crippen molar-refractivity contribution in [2.24, 2.45) is 11.3 Å². The monoisotopic (exact) mass is 317 g/mol. The second kappa shape index (κ2) is 6.94. The summed E-state index contributed by atoms with van der Waals surface area (Å²) < 4.78 is 29.0. The van der Waals surface area contributed by atoms with Crippen LogP contribution in [0.15, 0.2) is 0 Å². The molecule has 0 amide bonds. The van der Waals surface area contributed by atoms with Gasteiger partial charge in [-0.3, -0.25) is 0 Å². The van der Waals surface area contributed by atoms with E-state index < -0.39 is 10.2 Å². The molecule has 2 aliphatic heterocycles. The van der Waals surface area contributed by atoms with Crippen LogP contribution in [0, 0.1) is 11.3 Å². The van der Waals surface area contributed by atoms with Gasteiger partial charge in [0.1, 0.15) is 0 Å². The molecule has 5 nitrogen and oxygen atoms in total. The first-order valence-electron chi connectivity index (χ1n) is 8.25. The molecule has 6 heteroatoms. The molecule has 0 unspecified atom stereocenters. The molecule has 2 fully saturated rings. The predicted molar refractivity (Wildman–Crippen MR) is 86.3 cm³/mol. The van der Waals surface area contributed by atoms with Gasteiger partial charge < -0.3 is 5.32 Å². The lowest BCUT2D eigenvalue weighted by molar-refractivity contribution is 0.250. The summed E-state index contributed by atoms with van der Waals surface area (Å²) in [7, 11) is -1.29. The summed E-state index contributed by atoms with van der Waals surface area (Å²) in [6.45, 7) is 8.18. The zero-order chi connectivity index (χ0) is 15.5. The van der Waals surface area contributed by atoms with Crippen molar-refractivity contribution in [2.45, 2.75) is 46.0 Å². The third kappa shape index (κ3) is 4.41. The molecule has 0 aromatic rings. The Bertz CT molecular complexity index is 428. The van der Waals surface area contributed by atoms with Gasteiger partial charge in [-0.25, -0.2) is 0 Å². The van der Waals surface area contributed by atoms with Crippen LogP contribution < -0.4 is 5.32 Å². The number of hydrogen-bond donors (Lipinski definition) is 1. The average molecular weight is 317 g/mol. The fourth-order valence-electron chi connectivity index (χ4n) is 3.42. The Morgan fingerprint density at radius 3 is 2.29 bits per heavy atom. The van der Waals surface area contributed by atoms with Crippen LogP contribution in [0.5, 0.6) is 0 Å². The predicted octanol–water partition coefficient (Wildman–Crippen LogP) is 1.67. The van der Waals surface area contributed by atoms with Crippen molar-refractivity contribution >= 4 is 10.2 Å². The van der Waals surface area contributed by atoms with Gasteiger partial charge in [0.05, 0.1) is 0 Å². The van der Waals surface area contributed by atoms with Crippen molar-refractivity contribution in [3.05, 3.63) is 0 Å². The van der Waals surface area contributed by atoms with Crippen molar-refractivity contribution in [3.8, 4) is 0 Å². The standard InChI is InChI=1S/C15H31N3O2S/c1-15(2)7-4-9-17(12-8-15)21(19,20)18-10-5-14(6-11-18)13-16-3/h14,16H,4-13H2,1-3H3. The molecule has 0 radical (unpaired) electrons. The van der Waals surface area contributed by atoms with E-state index in [0.29, 0.717) is 32.1 Å². The van der Waals surface area contributed by atoms with Gasteiger partial charge in [0.25, 0.3) is 10.2 Å². The van der Waals surface area contributed by atoms with Crippen molar-refractivity contribution in [1.29, 1.82) is 0 Å². The molecule has 2 aliphatic rings. The topological polar surface area (TPSA) is 52.7 Å². The maximum absolute atomic E-state index is 12.8. The largest absolute Gasteiger partial charge is 0.319 e. The van der Waals surface area contributed by atoms with Gasteiger partial charge in [-0.15, -0.1) is 0 Å². The van der Waals surface area contributed by atoms with Crippen LogP contribution in [0.4, 0.5) is 0 Å². The van der Waals surface area contributed by atoms with E-state index in [0.717, 1.165) is 38.6 Å². The molecule has 124 valence electrons. The zero-order valence-corrected chi connectivity index (χ0v) is 14.6. The maximum atomic E-state index is 12.8. The first-order chi connectivity index (χ1) is 9.85. The second-order valence-corrected chi connectivity index (χ2v) is 9.25. The van der Waals surface area contributed by atoms with E-state index in [9.17, 15) is 8.42 Å². The Balaban J connectivity index is 1.95. The van der Waals surface area contributed by atoms with Gasteiger partial charge in [-0.2, -0.15) is 17.0 Å². The minimum atomic E-state index is -3.25. The quantitative estimate of drug-likeness (QED) is 0.858. The smallest absolute Gasteiger partial charge is 0.281 e. The second-order valence-electron chi connectivity index (χ2n) is 7.32. The minimum Gasteiger partial charge on any atom is -0.319 e. The first-order valence-corrected chi connectivity index (χ1v) is 9.65. The van der Waals surface area contributed by atoms with Gasteiger partial charge in [-0.05, 0) is 57.0 Å². The molecule has 2 saturated heterocycles. The van der Waals surface area contributed by atoms with Crippen molar-refractivity contribution < 1.29 is 8.42 Å². The molecule has 1 N–H and O–H groups in total. The zero-order valence-electron chi connectivity index (χ0n) is 13.8. The first kappa shape index (κ1) is 17.2. The molecule has 0 aromatic heterocycles. The minimum absolute atomic E-state index is 0.268. The lowest BCUT2D eigenvalue weighted by Gasteiger charge is -2.34. The molecule has 0 spiro atoms. The maximum Gasteiger partial charge on any atom is 0.281 e. The third-order valence-corrected chi connectivity index (χ3v) is 7.05. The summed E-state index contributed by atoms with van der Waals surface area (Å²) >= 11 is 0. The van der Waals surface area contributed by atoms with Crippen LogP contribution in [0.25, 0.3) is 0 Å². The van der Waals surface area contributed by atoms with Crippen LogP contribution in [0.2, 0.25) is 0 Å². The summed E-state index contributed by atoms with van der Waals surface area (Å²) in [5, 5.41) is 3.19. The highest BCUT2D eigenvalue weighted by Gasteiger charge is 2.35. The molecule has 0 atom stereocenters. The molecule has 0 aliphatic carbocycles. The lowest BCUT2D eigenvalue weighted by atomic mass is 9.85. The van der Waals surface area contributed by atoms with Gasteiger partial charge in [0.15, 0.2) is 0 Å². The van der Waals surface area contributed by atoms with E-state index in [1.165, 1.54) is 0 Å². The fourth-order valence-corrected chi connectivity index (χ4v) is 5.11. The highest BCUT2D eigenvalue weighted by atomic mass is 32.2. The van der Waals surface area contributed by atoms with Gasteiger partial charge >= 0.3 is 0 Å². The molecular formula is C15H31N3O2S. The van der Waals surface area contributed by atoms with Crippen LogP contribution in [0.1, 0.15) is 46.0 Å². The van der Waals surface area contributed by atoms with Gasteiger partial charge in [-0.1, -0.05) is 13.8 Å². The molecule has 0 saturated carbocycles. The number of piperidine rings is 1. The average Bonchev–Trinajstić information content (AvgIpc) is 2.61. The Morgan fingerprint density at radius 2 is 1.67 bits per heavy atom. The normalized spacial score (nSPS) is 26.6. The van der Waals surface area contributed by atoms with Gasteiger partial charge in [0.2, 0.25) is 0 Å². The molecule has 0 bridgehead atoms. The third-order valence-electron chi connectivity index (χ3n) is 5.02. The highest BCUT2D eigenvalue weighted by molar-refractivity contribution is 7.86. The van der Waals surface area contributed by atoms with E-state index >= 15 is 0 Å². The fraction of sp³-hybridized carbons (Fsp3) is 1.00. The number of hydrogen-bond acceptors (Lipinski definition) is 3. The molecular weight excluding hydrogens is 286 g/mol. The van der Waals surface area contributed by atoms with Crippen molar-refractivity contribution in [3.63, 3.8) is 0 Å². The molecule has 2 rings (SSSR count). The van der Waals surface area contributed by atoms with E-state index in [1.54, 1.807) is 8.61 Å². The highest BCUT2D eigenvalue weighted by Crippen LogP contribution is 2.31. The Hall–Kier alpha value is -0.170. The van der Waals surface area contributed by atoms with Crippen LogP contribution >= 0.6 is 0 Å². The summed E-state index contributed by atoms with van der Waals surface area (Å²) in [6, 6.07) is 0. The van der Waals surface area contributed by atoms with Crippen molar-refractivity contribution in [2.75, 3.05) is 39.8 Å². The van der Waals surface area contributed by atoms with E-state index in [1.807, 2.05) is 7.05 Å². The Morgan fingerprint density at radius 1 is 1.05 bits per heavy atom. The molecule has 21 heavy (non-hydrogen) atoms. The summed E-state index contributed by atoms with van der Waals surface area (Å²) in [5.41, 5.74) is 0.268. The van der Waals surface area contributed by atoms with Crippen LogP contribution in [0.3, 0.4) is 0 Å². The van der Waals surface area contributed by atoms with Crippen LogP contribution in [-0.4, -0.2) is 56.8 Å². The molecule has 0 aromatic carbocycles.